The molecule has 2 fully saturated rings. The third kappa shape index (κ3) is 3.47. The smallest absolute Gasteiger partial charge is 0.387 e. The second kappa shape index (κ2) is 7.16. The van der Waals surface area contributed by atoms with E-state index in [2.05, 4.69) is 24.6 Å². The van der Waals surface area contributed by atoms with Crippen molar-refractivity contribution < 1.29 is 18.3 Å². The lowest BCUT2D eigenvalue weighted by atomic mass is 10.2. The Morgan fingerprint density at radius 1 is 1.28 bits per heavy atom. The summed E-state index contributed by atoms with van der Waals surface area (Å²) >= 11 is 1.42. The van der Waals surface area contributed by atoms with Crippen LogP contribution in [-0.2, 0) is 4.74 Å². The molecule has 2 bridgehead atoms. The average molecular weight is 418 g/mol. The number of nitrogen functional groups attached to an aromatic ring is 1. The summed E-state index contributed by atoms with van der Waals surface area (Å²) in [5, 5.41) is 2.51. The normalized spacial score (nSPS) is 20.6. The van der Waals surface area contributed by atoms with Crippen molar-refractivity contribution >= 4 is 23.0 Å². The van der Waals surface area contributed by atoms with E-state index < -0.39 is 6.61 Å². The van der Waals surface area contributed by atoms with Crippen molar-refractivity contribution in [3.63, 3.8) is 0 Å². The van der Waals surface area contributed by atoms with E-state index in [0.29, 0.717) is 28.7 Å². The molecule has 0 aliphatic carbocycles. The van der Waals surface area contributed by atoms with Gasteiger partial charge < -0.3 is 20.1 Å². The molecule has 0 radical (unpaired) electrons. The van der Waals surface area contributed by atoms with E-state index in [1.807, 2.05) is 11.4 Å². The quantitative estimate of drug-likeness (QED) is 0.675. The standard InChI is InChI=1S/C18H16F2N6O2S/c19-18(20)28-13-3-9(6-23-15(13)21)12-5-14(26-7-11-4-10(26)8-27-11)25-16(24-12)17-22-1-2-29-17/h1-3,5-6,10-11,18H,4,7-8H2,(H2,21,23). The molecule has 2 aliphatic heterocycles. The van der Waals surface area contributed by atoms with Crippen LogP contribution in [0.15, 0.2) is 29.9 Å². The number of nitrogens with zero attached hydrogens (tertiary/aromatic N) is 5. The Balaban J connectivity index is 1.59. The van der Waals surface area contributed by atoms with Crippen LogP contribution in [0.2, 0.25) is 0 Å². The summed E-state index contributed by atoms with van der Waals surface area (Å²) in [6, 6.07) is 3.48. The van der Waals surface area contributed by atoms with Gasteiger partial charge in [-0.2, -0.15) is 8.78 Å². The molecular weight excluding hydrogens is 402 g/mol. The minimum Gasteiger partial charge on any atom is -0.431 e. The molecule has 5 heterocycles. The molecule has 3 aromatic rings. The van der Waals surface area contributed by atoms with Gasteiger partial charge in [0.1, 0.15) is 5.82 Å². The maximum atomic E-state index is 12.7. The summed E-state index contributed by atoms with van der Waals surface area (Å²) in [4.78, 5) is 19.8. The fraction of sp³-hybridized carbons (Fsp3) is 0.333. The topological polar surface area (TPSA) is 99.3 Å². The molecule has 11 heteroatoms. The highest BCUT2D eigenvalue weighted by molar-refractivity contribution is 7.13. The van der Waals surface area contributed by atoms with Crippen molar-refractivity contribution in [3.8, 4) is 27.8 Å². The maximum Gasteiger partial charge on any atom is 0.387 e. The molecule has 0 spiro atoms. The van der Waals surface area contributed by atoms with Crippen LogP contribution in [0.4, 0.5) is 20.4 Å². The fourth-order valence-corrected chi connectivity index (χ4v) is 4.19. The van der Waals surface area contributed by atoms with Crippen LogP contribution in [0.1, 0.15) is 6.42 Å². The Hall–Kier alpha value is -2.92. The molecule has 0 saturated carbocycles. The molecule has 2 unspecified atom stereocenters. The number of fused-ring (bicyclic) bond motifs is 2. The van der Waals surface area contributed by atoms with Crippen LogP contribution in [0.3, 0.4) is 0 Å². The minimum atomic E-state index is -3.00. The van der Waals surface area contributed by atoms with Gasteiger partial charge in [0.05, 0.1) is 24.4 Å². The van der Waals surface area contributed by atoms with Crippen LogP contribution in [0.25, 0.3) is 22.1 Å². The van der Waals surface area contributed by atoms with E-state index in [1.54, 1.807) is 6.20 Å². The number of thiazole rings is 1. The van der Waals surface area contributed by atoms with Crippen molar-refractivity contribution in [2.75, 3.05) is 23.8 Å². The lowest BCUT2D eigenvalue weighted by Gasteiger charge is -2.28. The Labute approximate surface area is 168 Å². The monoisotopic (exact) mass is 418 g/mol. The number of anilines is 2. The SMILES string of the molecule is Nc1ncc(-c2cc(N3CC4CC3CO4)nc(-c3nccs3)n2)cc1OC(F)F. The minimum absolute atomic E-state index is 0.113. The van der Waals surface area contributed by atoms with Crippen molar-refractivity contribution in [2.45, 2.75) is 25.2 Å². The number of rotatable bonds is 5. The number of pyridine rings is 1. The third-order valence-electron chi connectivity index (χ3n) is 4.92. The first-order valence-corrected chi connectivity index (χ1v) is 9.82. The Kier molecular flexibility index (Phi) is 4.47. The van der Waals surface area contributed by atoms with Gasteiger partial charge in [0.25, 0.3) is 0 Å². The summed E-state index contributed by atoms with van der Waals surface area (Å²) in [5.74, 6) is 0.896. The van der Waals surface area contributed by atoms with Gasteiger partial charge in [0.2, 0.25) is 0 Å². The van der Waals surface area contributed by atoms with E-state index in [9.17, 15) is 8.78 Å². The van der Waals surface area contributed by atoms with Gasteiger partial charge in [-0.3, -0.25) is 0 Å². The molecule has 2 atom stereocenters. The average Bonchev–Trinajstić information content (AvgIpc) is 3.47. The first-order valence-electron chi connectivity index (χ1n) is 8.94. The molecule has 2 aliphatic rings. The van der Waals surface area contributed by atoms with E-state index >= 15 is 0 Å². The maximum absolute atomic E-state index is 12.7. The number of morpholine rings is 1. The van der Waals surface area contributed by atoms with E-state index in [4.69, 9.17) is 15.5 Å². The second-order valence-electron chi connectivity index (χ2n) is 6.76. The lowest BCUT2D eigenvalue weighted by molar-refractivity contribution is -0.0494. The summed E-state index contributed by atoms with van der Waals surface area (Å²) in [6.45, 7) is -1.59. The second-order valence-corrected chi connectivity index (χ2v) is 7.65. The van der Waals surface area contributed by atoms with E-state index in [1.165, 1.54) is 23.6 Å². The van der Waals surface area contributed by atoms with Crippen LogP contribution >= 0.6 is 11.3 Å². The van der Waals surface area contributed by atoms with E-state index in [-0.39, 0.29) is 23.7 Å². The molecule has 5 rings (SSSR count). The summed E-state index contributed by atoms with van der Waals surface area (Å²) < 4.78 is 35.5. The molecule has 3 aromatic heterocycles. The fourth-order valence-electron chi connectivity index (χ4n) is 3.62. The molecule has 150 valence electrons. The summed E-state index contributed by atoms with van der Waals surface area (Å²) in [7, 11) is 0. The number of alkyl halides is 2. The number of hydrogen-bond donors (Lipinski definition) is 1. The Bertz CT molecular complexity index is 1040. The first-order chi connectivity index (χ1) is 14.1. The number of aromatic nitrogens is 4. The molecular formula is C18H16F2N6O2S. The highest BCUT2D eigenvalue weighted by Crippen LogP contribution is 2.35. The molecule has 0 aromatic carbocycles. The molecule has 8 nitrogen and oxygen atoms in total. The largest absolute Gasteiger partial charge is 0.431 e. The van der Waals surface area contributed by atoms with Crippen molar-refractivity contribution in [3.05, 3.63) is 29.9 Å². The molecule has 29 heavy (non-hydrogen) atoms. The number of hydrogen-bond acceptors (Lipinski definition) is 9. The van der Waals surface area contributed by atoms with Gasteiger partial charge >= 0.3 is 6.61 Å². The van der Waals surface area contributed by atoms with Gasteiger partial charge in [-0.05, 0) is 12.5 Å². The third-order valence-corrected chi connectivity index (χ3v) is 5.69. The molecule has 0 amide bonds. The molecule has 2 saturated heterocycles. The highest BCUT2D eigenvalue weighted by Gasteiger charge is 2.40. The van der Waals surface area contributed by atoms with Gasteiger partial charge in [-0.15, -0.1) is 11.3 Å². The zero-order valence-corrected chi connectivity index (χ0v) is 15.9. The van der Waals surface area contributed by atoms with Crippen molar-refractivity contribution in [1.82, 2.24) is 19.9 Å². The first kappa shape index (κ1) is 18.1. The van der Waals surface area contributed by atoms with Gasteiger partial charge in [-0.1, -0.05) is 0 Å². The number of ether oxygens (including phenoxy) is 2. The zero-order valence-electron chi connectivity index (χ0n) is 15.0. The van der Waals surface area contributed by atoms with Crippen molar-refractivity contribution in [2.24, 2.45) is 0 Å². The summed E-state index contributed by atoms with van der Waals surface area (Å²) in [6.07, 6.45) is 4.32. The number of nitrogens with two attached hydrogens (primary N) is 1. The Morgan fingerprint density at radius 3 is 2.86 bits per heavy atom. The van der Waals surface area contributed by atoms with Crippen LogP contribution in [-0.4, -0.2) is 51.8 Å². The van der Waals surface area contributed by atoms with Crippen LogP contribution < -0.4 is 15.4 Å². The van der Waals surface area contributed by atoms with Gasteiger partial charge in [-0.25, -0.2) is 19.9 Å². The molecule has 2 N–H and O–H groups in total. The van der Waals surface area contributed by atoms with Gasteiger partial charge in [0, 0.05) is 35.9 Å². The highest BCUT2D eigenvalue weighted by atomic mass is 32.1. The van der Waals surface area contributed by atoms with Gasteiger partial charge in [0.15, 0.2) is 22.4 Å². The predicted octanol–water partition coefficient (Wildman–Crippen LogP) is 2.82. The van der Waals surface area contributed by atoms with Crippen LogP contribution in [0.5, 0.6) is 5.75 Å². The van der Waals surface area contributed by atoms with Crippen LogP contribution in [0, 0.1) is 0 Å². The summed E-state index contributed by atoms with van der Waals surface area (Å²) in [5.41, 5.74) is 6.68. The Morgan fingerprint density at radius 2 is 2.17 bits per heavy atom. The lowest BCUT2D eigenvalue weighted by Crippen LogP contribution is -2.37. The zero-order chi connectivity index (χ0) is 20.0. The van der Waals surface area contributed by atoms with Crippen molar-refractivity contribution in [1.29, 1.82) is 0 Å². The van der Waals surface area contributed by atoms with E-state index in [0.717, 1.165) is 18.8 Å². The predicted molar refractivity (Wildman–Crippen MR) is 103 cm³/mol. The number of halogens is 2.